The molecular formula is C25H29N3O2S. The molecule has 5 rings (SSSR count). The van der Waals surface area contributed by atoms with Crippen LogP contribution in [0.5, 0.6) is 0 Å². The van der Waals surface area contributed by atoms with Crippen LogP contribution in [0.25, 0.3) is 10.2 Å². The summed E-state index contributed by atoms with van der Waals surface area (Å²) in [5, 5.41) is 5.38. The summed E-state index contributed by atoms with van der Waals surface area (Å²) in [6.45, 7) is 4.14. The molecule has 1 aromatic carbocycles. The Morgan fingerprint density at radius 2 is 1.94 bits per heavy atom. The number of fused-ring (bicyclic) bond motifs is 2. The average molecular weight is 436 g/mol. The van der Waals surface area contributed by atoms with E-state index in [9.17, 15) is 9.59 Å². The van der Waals surface area contributed by atoms with Gasteiger partial charge in [0.15, 0.2) is 0 Å². The molecule has 1 aliphatic carbocycles. The van der Waals surface area contributed by atoms with E-state index in [1.807, 2.05) is 11.0 Å². The third-order valence-electron chi connectivity index (χ3n) is 6.90. The lowest BCUT2D eigenvalue weighted by Crippen LogP contribution is -2.44. The minimum Gasteiger partial charge on any atom is -0.349 e. The normalized spacial score (nSPS) is 19.4. The third-order valence-corrected chi connectivity index (χ3v) is 7.75. The van der Waals surface area contributed by atoms with Crippen molar-refractivity contribution in [3.8, 4) is 0 Å². The number of nitrogens with one attached hydrogen (secondary N) is 1. The first-order valence-corrected chi connectivity index (χ1v) is 12.3. The predicted octanol–water partition coefficient (Wildman–Crippen LogP) is 4.77. The van der Waals surface area contributed by atoms with E-state index in [4.69, 9.17) is 0 Å². The average Bonchev–Trinajstić information content (AvgIpc) is 3.40. The highest BCUT2D eigenvalue weighted by Crippen LogP contribution is 2.31. The van der Waals surface area contributed by atoms with Gasteiger partial charge in [-0.1, -0.05) is 24.3 Å². The summed E-state index contributed by atoms with van der Waals surface area (Å²) in [6, 6.07) is 12.7. The van der Waals surface area contributed by atoms with Crippen LogP contribution in [0.2, 0.25) is 0 Å². The van der Waals surface area contributed by atoms with E-state index < -0.39 is 0 Å². The standard InChI is InChI=1S/C25H29N3O2S/c1-2-28-21-12-15-31-23(21)16-22(28)25(30)27-13-10-18(11-14-27)24(29)26-20-9-5-7-17-6-3-4-8-19(17)20/h3-4,6,8,12,15-16,18,20H,2,5,7,9-11,13-14H2,1H3,(H,26,29). The molecule has 1 N–H and O–H groups in total. The number of aromatic nitrogens is 1. The lowest BCUT2D eigenvalue weighted by Gasteiger charge is -2.33. The molecule has 0 spiro atoms. The van der Waals surface area contributed by atoms with Gasteiger partial charge in [-0.2, -0.15) is 0 Å². The molecule has 6 heteroatoms. The zero-order valence-corrected chi connectivity index (χ0v) is 18.8. The molecule has 2 aliphatic rings. The van der Waals surface area contributed by atoms with Crippen molar-refractivity contribution in [1.82, 2.24) is 14.8 Å². The zero-order chi connectivity index (χ0) is 21.4. The van der Waals surface area contributed by atoms with Gasteiger partial charge in [0.25, 0.3) is 5.91 Å². The van der Waals surface area contributed by atoms with Gasteiger partial charge in [0, 0.05) is 25.6 Å². The molecule has 1 aliphatic heterocycles. The van der Waals surface area contributed by atoms with Crippen molar-refractivity contribution in [2.75, 3.05) is 13.1 Å². The Morgan fingerprint density at radius 1 is 1.13 bits per heavy atom. The van der Waals surface area contributed by atoms with Crippen molar-refractivity contribution < 1.29 is 9.59 Å². The molecule has 1 saturated heterocycles. The van der Waals surface area contributed by atoms with Gasteiger partial charge in [-0.25, -0.2) is 0 Å². The summed E-state index contributed by atoms with van der Waals surface area (Å²) in [5.74, 6) is 0.219. The maximum absolute atomic E-state index is 13.2. The molecular weight excluding hydrogens is 406 g/mol. The van der Waals surface area contributed by atoms with Gasteiger partial charge >= 0.3 is 0 Å². The number of benzene rings is 1. The monoisotopic (exact) mass is 435 g/mol. The fraction of sp³-hybridized carbons (Fsp3) is 0.440. The van der Waals surface area contributed by atoms with Crippen LogP contribution in [0.4, 0.5) is 0 Å². The Labute approximate surface area is 187 Å². The maximum atomic E-state index is 13.2. The lowest BCUT2D eigenvalue weighted by molar-refractivity contribution is -0.127. The van der Waals surface area contributed by atoms with Crippen molar-refractivity contribution in [3.05, 3.63) is 58.6 Å². The Morgan fingerprint density at radius 3 is 2.74 bits per heavy atom. The molecule has 2 amide bonds. The van der Waals surface area contributed by atoms with Gasteiger partial charge in [0.1, 0.15) is 5.69 Å². The number of thiophene rings is 1. The molecule has 3 aromatic rings. The molecule has 1 fully saturated rings. The number of piperidine rings is 1. The minimum absolute atomic E-state index is 0.0143. The van der Waals surface area contributed by atoms with Gasteiger partial charge in [-0.05, 0) is 67.7 Å². The van der Waals surface area contributed by atoms with Gasteiger partial charge in [0.2, 0.25) is 5.91 Å². The van der Waals surface area contributed by atoms with E-state index in [1.165, 1.54) is 11.1 Å². The summed E-state index contributed by atoms with van der Waals surface area (Å²) in [5.41, 5.74) is 4.54. The van der Waals surface area contributed by atoms with E-state index in [0.717, 1.165) is 54.6 Å². The van der Waals surface area contributed by atoms with Crippen LogP contribution in [-0.2, 0) is 17.8 Å². The largest absolute Gasteiger partial charge is 0.349 e. The van der Waals surface area contributed by atoms with Gasteiger partial charge in [-0.3, -0.25) is 9.59 Å². The number of likely N-dealkylation sites (tertiary alicyclic amines) is 1. The van der Waals surface area contributed by atoms with E-state index >= 15 is 0 Å². The second kappa shape index (κ2) is 8.50. The molecule has 0 radical (unpaired) electrons. The van der Waals surface area contributed by atoms with Gasteiger partial charge in [-0.15, -0.1) is 11.3 Å². The minimum atomic E-state index is -0.0143. The maximum Gasteiger partial charge on any atom is 0.270 e. The molecule has 2 aromatic heterocycles. The topological polar surface area (TPSA) is 54.3 Å². The number of amides is 2. The first-order valence-electron chi connectivity index (χ1n) is 11.4. The van der Waals surface area contributed by atoms with Crippen molar-refractivity contribution in [2.45, 2.75) is 51.6 Å². The van der Waals surface area contributed by atoms with E-state index in [0.29, 0.717) is 13.1 Å². The van der Waals surface area contributed by atoms with Gasteiger partial charge < -0.3 is 14.8 Å². The first-order chi connectivity index (χ1) is 15.2. The lowest BCUT2D eigenvalue weighted by atomic mass is 9.87. The van der Waals surface area contributed by atoms with Crippen LogP contribution in [0.15, 0.2) is 41.8 Å². The number of hydrogen-bond acceptors (Lipinski definition) is 3. The van der Waals surface area contributed by atoms with Crippen molar-refractivity contribution >= 4 is 33.4 Å². The van der Waals surface area contributed by atoms with Crippen LogP contribution in [0, 0.1) is 5.92 Å². The molecule has 0 saturated carbocycles. The van der Waals surface area contributed by atoms with Crippen molar-refractivity contribution in [2.24, 2.45) is 5.92 Å². The summed E-state index contributed by atoms with van der Waals surface area (Å²) in [7, 11) is 0. The Balaban J connectivity index is 1.22. The second-order valence-electron chi connectivity index (χ2n) is 8.66. The van der Waals surface area contributed by atoms with Crippen LogP contribution < -0.4 is 5.32 Å². The van der Waals surface area contributed by atoms with E-state index in [2.05, 4.69) is 52.5 Å². The van der Waals surface area contributed by atoms with E-state index in [-0.39, 0.29) is 23.8 Å². The summed E-state index contributed by atoms with van der Waals surface area (Å²) < 4.78 is 3.26. The zero-order valence-electron chi connectivity index (χ0n) is 18.0. The highest BCUT2D eigenvalue weighted by atomic mass is 32.1. The summed E-state index contributed by atoms with van der Waals surface area (Å²) in [4.78, 5) is 28.1. The van der Waals surface area contributed by atoms with Crippen LogP contribution >= 0.6 is 11.3 Å². The van der Waals surface area contributed by atoms with Crippen molar-refractivity contribution in [3.63, 3.8) is 0 Å². The fourth-order valence-corrected chi connectivity index (χ4v) is 6.02. The summed E-state index contributed by atoms with van der Waals surface area (Å²) >= 11 is 1.67. The molecule has 0 bridgehead atoms. The quantitative estimate of drug-likeness (QED) is 0.642. The molecule has 31 heavy (non-hydrogen) atoms. The Bertz CT molecular complexity index is 1110. The molecule has 1 atom stereocenters. The smallest absolute Gasteiger partial charge is 0.270 e. The van der Waals surface area contributed by atoms with Crippen LogP contribution in [0.1, 0.15) is 60.3 Å². The third kappa shape index (κ3) is 3.78. The molecule has 1 unspecified atom stereocenters. The highest BCUT2D eigenvalue weighted by Gasteiger charge is 2.31. The number of carbonyl (C=O) groups excluding carboxylic acids is 2. The van der Waals surface area contributed by atoms with E-state index in [1.54, 1.807) is 11.3 Å². The Hall–Kier alpha value is -2.60. The second-order valence-corrected chi connectivity index (χ2v) is 9.61. The SMILES string of the molecule is CCn1c(C(=O)N2CCC(C(=O)NC3CCCc4ccccc43)CC2)cc2sccc21. The predicted molar refractivity (Wildman–Crippen MR) is 124 cm³/mol. The van der Waals surface area contributed by atoms with Gasteiger partial charge in [0.05, 0.1) is 16.3 Å². The van der Waals surface area contributed by atoms with Crippen LogP contribution in [-0.4, -0.2) is 34.4 Å². The molecule has 5 nitrogen and oxygen atoms in total. The first kappa shape index (κ1) is 20.3. The molecule has 162 valence electrons. The Kier molecular flexibility index (Phi) is 5.57. The highest BCUT2D eigenvalue weighted by molar-refractivity contribution is 7.17. The fourth-order valence-electron chi connectivity index (χ4n) is 5.20. The van der Waals surface area contributed by atoms with Crippen molar-refractivity contribution in [1.29, 1.82) is 0 Å². The number of carbonyl (C=O) groups is 2. The number of nitrogens with zero attached hydrogens (tertiary/aromatic N) is 2. The number of aryl methyl sites for hydroxylation is 2. The number of rotatable bonds is 4. The molecule has 3 heterocycles. The number of hydrogen-bond donors (Lipinski definition) is 1. The van der Waals surface area contributed by atoms with Crippen LogP contribution in [0.3, 0.4) is 0 Å². The summed E-state index contributed by atoms with van der Waals surface area (Å²) in [6.07, 6.45) is 4.68.